The van der Waals surface area contributed by atoms with Gasteiger partial charge in [0, 0.05) is 24.7 Å². The highest BCUT2D eigenvalue weighted by molar-refractivity contribution is 5.68. The second kappa shape index (κ2) is 6.31. The fourth-order valence-corrected chi connectivity index (χ4v) is 2.59. The van der Waals surface area contributed by atoms with Crippen LogP contribution in [0, 0.1) is 11.6 Å². The van der Waals surface area contributed by atoms with Crippen LogP contribution < -0.4 is 10.5 Å². The Morgan fingerprint density at radius 2 is 2.04 bits per heavy atom. The Kier molecular flexibility index (Phi) is 4.79. The third-order valence-corrected chi connectivity index (χ3v) is 3.60. The van der Waals surface area contributed by atoms with E-state index in [1.165, 1.54) is 18.1 Å². The third-order valence-electron chi connectivity index (χ3n) is 3.60. The van der Waals surface area contributed by atoms with E-state index in [0.717, 1.165) is 0 Å². The zero-order valence-corrected chi connectivity index (χ0v) is 13.8. The van der Waals surface area contributed by atoms with Crippen molar-refractivity contribution in [2.45, 2.75) is 45.4 Å². The number of methoxy groups -OCH3 is 1. The number of benzene rings is 1. The van der Waals surface area contributed by atoms with Crippen LogP contribution in [0.5, 0.6) is 5.75 Å². The summed E-state index contributed by atoms with van der Waals surface area (Å²) in [7, 11) is 1.20. The van der Waals surface area contributed by atoms with Crippen molar-refractivity contribution in [2.75, 3.05) is 13.7 Å². The molecule has 1 amide bonds. The normalized spacial score (nSPS) is 18.2. The summed E-state index contributed by atoms with van der Waals surface area (Å²) in [5.74, 6) is -2.08. The van der Waals surface area contributed by atoms with Crippen LogP contribution in [0.25, 0.3) is 0 Å². The first-order valence-corrected chi connectivity index (χ1v) is 7.42. The first kappa shape index (κ1) is 17.5. The number of carbonyl (C=O) groups excluding carboxylic acids is 1. The molecule has 5 nitrogen and oxygen atoms in total. The molecule has 23 heavy (non-hydrogen) atoms. The highest BCUT2D eigenvalue weighted by Gasteiger charge is 2.31. The summed E-state index contributed by atoms with van der Waals surface area (Å²) in [6, 6.07) is 0.520. The number of carbonyl (C=O) groups is 1. The molecule has 128 valence electrons. The molecule has 0 spiro atoms. The van der Waals surface area contributed by atoms with Crippen LogP contribution >= 0.6 is 0 Å². The molecule has 0 fully saturated rings. The van der Waals surface area contributed by atoms with Crippen LogP contribution in [-0.2, 0) is 11.3 Å². The molecule has 1 aromatic carbocycles. The van der Waals surface area contributed by atoms with Crippen LogP contribution in [-0.4, -0.2) is 30.2 Å². The summed E-state index contributed by atoms with van der Waals surface area (Å²) in [5, 5.41) is 0. The monoisotopic (exact) mass is 328 g/mol. The summed E-state index contributed by atoms with van der Waals surface area (Å²) in [6.07, 6.45) is -0.188. The summed E-state index contributed by atoms with van der Waals surface area (Å²) in [6.45, 7) is 5.61. The number of rotatable bonds is 1. The van der Waals surface area contributed by atoms with Crippen LogP contribution in [0.4, 0.5) is 13.6 Å². The molecule has 0 aromatic heterocycles. The van der Waals surface area contributed by atoms with Crippen LogP contribution in [0.1, 0.15) is 44.4 Å². The molecule has 0 bridgehead atoms. The van der Waals surface area contributed by atoms with E-state index in [1.807, 2.05) is 0 Å². The van der Waals surface area contributed by atoms with Crippen LogP contribution in [0.3, 0.4) is 0 Å². The third kappa shape index (κ3) is 3.72. The average molecular weight is 328 g/mol. The molecule has 1 aliphatic heterocycles. The molecule has 0 saturated heterocycles. The van der Waals surface area contributed by atoms with Crippen molar-refractivity contribution in [3.63, 3.8) is 0 Å². The number of halogens is 2. The quantitative estimate of drug-likeness (QED) is 0.860. The van der Waals surface area contributed by atoms with E-state index >= 15 is 0 Å². The van der Waals surface area contributed by atoms with Gasteiger partial charge < -0.3 is 20.1 Å². The number of nitrogens with zero attached hydrogens (tertiary/aromatic N) is 1. The highest BCUT2D eigenvalue weighted by atomic mass is 19.1. The standard InChI is InChI=1S/C16H22F2N2O3/c1-16(2,3)23-15(21)20-6-5-11(19)12-9(8-20)7-10(17)14(22-4)13(12)18/h7,11H,5-6,8,19H2,1-4H3/t11-/m0/s1. The Balaban J connectivity index is 2.37. The Labute approximate surface area is 134 Å². The van der Waals surface area contributed by atoms with Crippen molar-refractivity contribution in [3.8, 4) is 5.75 Å². The molecule has 2 N–H and O–H groups in total. The van der Waals surface area contributed by atoms with E-state index in [4.69, 9.17) is 15.2 Å². The first-order chi connectivity index (χ1) is 10.6. The topological polar surface area (TPSA) is 64.8 Å². The largest absolute Gasteiger partial charge is 0.491 e. The second-order valence-electron chi connectivity index (χ2n) is 6.58. The van der Waals surface area contributed by atoms with Gasteiger partial charge in [-0.2, -0.15) is 0 Å². The van der Waals surface area contributed by atoms with Gasteiger partial charge in [-0.15, -0.1) is 0 Å². The Morgan fingerprint density at radius 3 is 2.61 bits per heavy atom. The van der Waals surface area contributed by atoms with E-state index in [9.17, 15) is 13.6 Å². The lowest BCUT2D eigenvalue weighted by atomic mass is 9.98. The minimum absolute atomic E-state index is 0.0375. The molecule has 0 aliphatic carbocycles. The fraction of sp³-hybridized carbons (Fsp3) is 0.562. The average Bonchev–Trinajstić information content (AvgIpc) is 2.56. The van der Waals surface area contributed by atoms with E-state index in [-0.39, 0.29) is 12.1 Å². The van der Waals surface area contributed by atoms with Crippen molar-refractivity contribution in [3.05, 3.63) is 28.8 Å². The van der Waals surface area contributed by atoms with Gasteiger partial charge in [0.05, 0.1) is 7.11 Å². The molecule has 1 aromatic rings. The zero-order valence-electron chi connectivity index (χ0n) is 13.8. The van der Waals surface area contributed by atoms with E-state index in [0.29, 0.717) is 18.5 Å². The zero-order chi connectivity index (χ0) is 17.4. The van der Waals surface area contributed by atoms with Gasteiger partial charge in [-0.05, 0) is 38.8 Å². The molecule has 1 atom stereocenters. The maximum absolute atomic E-state index is 14.5. The number of amides is 1. The molecule has 7 heteroatoms. The smallest absolute Gasteiger partial charge is 0.410 e. The predicted octanol–water partition coefficient (Wildman–Crippen LogP) is 3.11. The fourth-order valence-electron chi connectivity index (χ4n) is 2.59. The molecule has 1 aliphatic rings. The van der Waals surface area contributed by atoms with Gasteiger partial charge in [0.1, 0.15) is 5.60 Å². The van der Waals surface area contributed by atoms with Gasteiger partial charge >= 0.3 is 6.09 Å². The second-order valence-corrected chi connectivity index (χ2v) is 6.58. The van der Waals surface area contributed by atoms with Gasteiger partial charge in [-0.1, -0.05) is 0 Å². The minimum Gasteiger partial charge on any atom is -0.491 e. The number of nitrogens with two attached hydrogens (primary N) is 1. The summed E-state index contributed by atoms with van der Waals surface area (Å²) >= 11 is 0. The number of hydrogen-bond acceptors (Lipinski definition) is 4. The Hall–Kier alpha value is -1.89. The Bertz CT molecular complexity index is 614. The van der Waals surface area contributed by atoms with Crippen LogP contribution in [0.2, 0.25) is 0 Å². The maximum atomic E-state index is 14.5. The molecule has 2 rings (SSSR count). The molecule has 0 radical (unpaired) electrons. The van der Waals surface area contributed by atoms with Gasteiger partial charge in [-0.25, -0.2) is 13.6 Å². The van der Waals surface area contributed by atoms with Crippen molar-refractivity contribution < 1.29 is 23.0 Å². The predicted molar refractivity (Wildman–Crippen MR) is 81.1 cm³/mol. The van der Waals surface area contributed by atoms with Gasteiger partial charge in [0.25, 0.3) is 0 Å². The minimum atomic E-state index is -0.818. The van der Waals surface area contributed by atoms with E-state index in [2.05, 4.69) is 0 Å². The van der Waals surface area contributed by atoms with Gasteiger partial charge in [-0.3, -0.25) is 0 Å². The van der Waals surface area contributed by atoms with Gasteiger partial charge in [0.15, 0.2) is 17.4 Å². The lowest BCUT2D eigenvalue weighted by Gasteiger charge is -2.26. The van der Waals surface area contributed by atoms with Crippen molar-refractivity contribution >= 4 is 6.09 Å². The summed E-state index contributed by atoms with van der Waals surface area (Å²) in [4.78, 5) is 13.6. The van der Waals surface area contributed by atoms with E-state index < -0.39 is 35.1 Å². The number of fused-ring (bicyclic) bond motifs is 1. The molecule has 0 unspecified atom stereocenters. The summed E-state index contributed by atoms with van der Waals surface area (Å²) in [5.41, 5.74) is 5.89. The Morgan fingerprint density at radius 1 is 1.39 bits per heavy atom. The van der Waals surface area contributed by atoms with Crippen molar-refractivity contribution in [2.24, 2.45) is 5.73 Å². The lowest BCUT2D eigenvalue weighted by molar-refractivity contribution is 0.0234. The number of hydrogen-bond donors (Lipinski definition) is 1. The number of ether oxygens (including phenoxy) is 2. The molecular formula is C16H22F2N2O3. The maximum Gasteiger partial charge on any atom is 0.410 e. The first-order valence-electron chi connectivity index (χ1n) is 7.42. The van der Waals surface area contributed by atoms with Crippen molar-refractivity contribution in [1.29, 1.82) is 0 Å². The lowest BCUT2D eigenvalue weighted by Crippen LogP contribution is -2.36. The molecule has 1 heterocycles. The molecule has 0 saturated carbocycles. The summed E-state index contributed by atoms with van der Waals surface area (Å²) < 4.78 is 38.5. The SMILES string of the molecule is COc1c(F)cc2c(c1F)[C@@H](N)CCN(C(=O)OC(C)(C)C)C2. The van der Waals surface area contributed by atoms with Crippen LogP contribution in [0.15, 0.2) is 6.07 Å². The van der Waals surface area contributed by atoms with E-state index in [1.54, 1.807) is 20.8 Å². The van der Waals surface area contributed by atoms with Gasteiger partial charge in [0.2, 0.25) is 0 Å². The van der Waals surface area contributed by atoms with Crippen molar-refractivity contribution in [1.82, 2.24) is 4.90 Å². The highest BCUT2D eigenvalue weighted by Crippen LogP contribution is 2.34. The molecular weight excluding hydrogens is 306 g/mol.